The molecule has 0 unspecified atom stereocenters. The molecule has 2 aliphatic rings. The molecule has 1 amide bonds. The summed E-state index contributed by atoms with van der Waals surface area (Å²) in [6.45, 7) is 0. The van der Waals surface area contributed by atoms with Gasteiger partial charge in [-0.05, 0) is 42.6 Å². The van der Waals surface area contributed by atoms with Crippen LogP contribution in [0.25, 0.3) is 0 Å². The molecule has 0 radical (unpaired) electrons. The zero-order valence-electron chi connectivity index (χ0n) is 13.0. The van der Waals surface area contributed by atoms with Crippen LogP contribution in [-0.2, 0) is 11.2 Å². The summed E-state index contributed by atoms with van der Waals surface area (Å²) in [6, 6.07) is 8.91. The Morgan fingerprint density at radius 2 is 2.22 bits per heavy atom. The highest BCUT2D eigenvalue weighted by atomic mass is 32.2. The molecule has 0 bridgehead atoms. The predicted molar refractivity (Wildman–Crippen MR) is 92.4 cm³/mol. The molecule has 1 N–H and O–H groups in total. The number of rotatable bonds is 3. The molecule has 1 aliphatic heterocycles. The number of amides is 1. The average molecular weight is 327 g/mol. The predicted octanol–water partition coefficient (Wildman–Crippen LogP) is 3.12. The molecule has 1 saturated carbocycles. The van der Waals surface area contributed by atoms with E-state index in [0.29, 0.717) is 6.04 Å². The molecule has 2 heterocycles. The van der Waals surface area contributed by atoms with Gasteiger partial charge in [-0.2, -0.15) is 0 Å². The molecule has 5 heteroatoms. The number of imidazole rings is 1. The van der Waals surface area contributed by atoms with Crippen LogP contribution in [0.5, 0.6) is 0 Å². The van der Waals surface area contributed by atoms with Crippen molar-refractivity contribution in [3.8, 4) is 0 Å². The summed E-state index contributed by atoms with van der Waals surface area (Å²) in [5, 5.41) is 3.25. The minimum atomic E-state index is -0.0658. The molecule has 4 rings (SSSR count). The third-order valence-electron chi connectivity index (χ3n) is 4.95. The summed E-state index contributed by atoms with van der Waals surface area (Å²) in [5.74, 6) is 1.18. The number of hydrogen-bond donors (Lipinski definition) is 1. The maximum absolute atomic E-state index is 12.9. The number of thioether (sulfide) groups is 1. The number of carbonyl (C=O) groups is 1. The second kappa shape index (κ2) is 6.40. The van der Waals surface area contributed by atoms with Crippen LogP contribution in [0.3, 0.4) is 0 Å². The van der Waals surface area contributed by atoms with Crippen molar-refractivity contribution in [3.05, 3.63) is 54.1 Å². The fourth-order valence-corrected chi connectivity index (χ4v) is 5.00. The summed E-state index contributed by atoms with van der Waals surface area (Å²) in [7, 11) is 0. The number of aryl methyl sites for hydroxylation is 1. The van der Waals surface area contributed by atoms with Crippen LogP contribution in [0.1, 0.15) is 41.7 Å². The molecule has 23 heavy (non-hydrogen) atoms. The first-order valence-electron chi connectivity index (χ1n) is 8.30. The third-order valence-corrected chi connectivity index (χ3v) is 6.19. The first kappa shape index (κ1) is 14.8. The van der Waals surface area contributed by atoms with Gasteiger partial charge in [-0.3, -0.25) is 4.79 Å². The fraction of sp³-hybridized carbons (Fsp3) is 0.444. The van der Waals surface area contributed by atoms with Crippen LogP contribution in [-0.4, -0.2) is 27.3 Å². The molecule has 1 aromatic heterocycles. The minimum absolute atomic E-state index is 0.0658. The molecular formula is C18H21N3OS. The zero-order chi connectivity index (χ0) is 15.6. The van der Waals surface area contributed by atoms with E-state index in [1.165, 1.54) is 11.1 Å². The third kappa shape index (κ3) is 2.90. The van der Waals surface area contributed by atoms with Gasteiger partial charge in [-0.1, -0.05) is 24.3 Å². The van der Waals surface area contributed by atoms with E-state index in [1.807, 2.05) is 24.8 Å². The molecule has 1 aliphatic carbocycles. The van der Waals surface area contributed by atoms with Gasteiger partial charge in [0.05, 0.1) is 12.4 Å². The van der Waals surface area contributed by atoms with Gasteiger partial charge in [0.1, 0.15) is 5.25 Å². The lowest BCUT2D eigenvalue weighted by Gasteiger charge is -2.28. The number of nitrogens with one attached hydrogen (secondary N) is 1. The van der Waals surface area contributed by atoms with E-state index in [4.69, 9.17) is 0 Å². The highest BCUT2D eigenvalue weighted by Gasteiger charge is 2.33. The monoisotopic (exact) mass is 327 g/mol. The minimum Gasteiger partial charge on any atom is -0.350 e. The maximum atomic E-state index is 12.9. The van der Waals surface area contributed by atoms with Gasteiger partial charge in [0, 0.05) is 18.4 Å². The van der Waals surface area contributed by atoms with E-state index in [-0.39, 0.29) is 17.2 Å². The van der Waals surface area contributed by atoms with Crippen LogP contribution in [0.2, 0.25) is 0 Å². The quantitative estimate of drug-likeness (QED) is 0.942. The van der Waals surface area contributed by atoms with E-state index in [2.05, 4.69) is 33.1 Å². The molecule has 0 saturated heterocycles. The molecule has 2 aromatic rings. The molecule has 0 spiro atoms. The lowest BCUT2D eigenvalue weighted by molar-refractivity contribution is -0.121. The number of aromatic nitrogens is 2. The van der Waals surface area contributed by atoms with Crippen molar-refractivity contribution < 1.29 is 4.79 Å². The van der Waals surface area contributed by atoms with Gasteiger partial charge in [-0.25, -0.2) is 4.98 Å². The molecule has 4 nitrogen and oxygen atoms in total. The number of carbonyl (C=O) groups excluding carboxylic acids is 1. The lowest BCUT2D eigenvalue weighted by atomic mass is 10.0. The van der Waals surface area contributed by atoms with E-state index in [9.17, 15) is 4.79 Å². The lowest BCUT2D eigenvalue weighted by Crippen LogP contribution is -2.40. The number of benzene rings is 1. The molecule has 3 atom stereocenters. The Hall–Kier alpha value is -1.75. The van der Waals surface area contributed by atoms with Crippen molar-refractivity contribution in [3.63, 3.8) is 0 Å². The Labute approximate surface area is 140 Å². The second-order valence-electron chi connectivity index (χ2n) is 6.32. The molecular weight excluding hydrogens is 306 g/mol. The van der Waals surface area contributed by atoms with Crippen molar-refractivity contribution >= 4 is 17.7 Å². The summed E-state index contributed by atoms with van der Waals surface area (Å²) in [5.41, 5.74) is 2.52. The summed E-state index contributed by atoms with van der Waals surface area (Å²) in [6.07, 6.45) is 10.0. The van der Waals surface area contributed by atoms with E-state index >= 15 is 0 Å². The van der Waals surface area contributed by atoms with Crippen LogP contribution in [0.4, 0.5) is 0 Å². The number of nitrogens with zero attached hydrogens (tertiary/aromatic N) is 2. The van der Waals surface area contributed by atoms with E-state index < -0.39 is 0 Å². The summed E-state index contributed by atoms with van der Waals surface area (Å²) in [4.78, 5) is 17.0. The summed E-state index contributed by atoms with van der Waals surface area (Å²) < 4.78 is 2.14. The molecule has 120 valence electrons. The first-order chi connectivity index (χ1) is 11.3. The maximum Gasteiger partial charge on any atom is 0.237 e. The van der Waals surface area contributed by atoms with Crippen LogP contribution < -0.4 is 5.32 Å². The largest absolute Gasteiger partial charge is 0.350 e. The van der Waals surface area contributed by atoms with Crippen molar-refractivity contribution in [2.24, 2.45) is 0 Å². The van der Waals surface area contributed by atoms with Gasteiger partial charge >= 0.3 is 0 Å². The Bertz CT molecular complexity index is 685. The van der Waals surface area contributed by atoms with Crippen LogP contribution >= 0.6 is 11.8 Å². The summed E-state index contributed by atoms with van der Waals surface area (Å²) >= 11 is 1.76. The Kier molecular flexibility index (Phi) is 4.12. The van der Waals surface area contributed by atoms with E-state index in [0.717, 1.165) is 31.4 Å². The Morgan fingerprint density at radius 3 is 3.09 bits per heavy atom. The Balaban J connectivity index is 1.50. The van der Waals surface area contributed by atoms with Crippen LogP contribution in [0, 0.1) is 0 Å². The van der Waals surface area contributed by atoms with Gasteiger partial charge < -0.3 is 9.88 Å². The smallest absolute Gasteiger partial charge is 0.237 e. The number of fused-ring (bicyclic) bond motifs is 1. The fourth-order valence-electron chi connectivity index (χ4n) is 3.80. The van der Waals surface area contributed by atoms with Crippen molar-refractivity contribution in [1.82, 2.24) is 14.9 Å². The standard InChI is InChI=1S/C18H21N3OS/c22-18(17-14-5-2-1-4-13(14)8-11-23-17)20-15-6-3-7-16(15)21-10-9-19-12-21/h1-2,4-5,9-10,12,15-17H,3,6-8,11H2,(H,20,22)/t15-,16-,17+/m1/s1. The molecule has 1 aromatic carbocycles. The van der Waals surface area contributed by atoms with Gasteiger partial charge in [0.15, 0.2) is 0 Å². The number of hydrogen-bond acceptors (Lipinski definition) is 3. The van der Waals surface area contributed by atoms with Crippen LogP contribution in [0.15, 0.2) is 43.0 Å². The molecule has 1 fully saturated rings. The van der Waals surface area contributed by atoms with Gasteiger partial charge in [-0.15, -0.1) is 11.8 Å². The van der Waals surface area contributed by atoms with Crippen molar-refractivity contribution in [2.45, 2.75) is 43.0 Å². The van der Waals surface area contributed by atoms with E-state index in [1.54, 1.807) is 11.8 Å². The van der Waals surface area contributed by atoms with Crippen molar-refractivity contribution in [1.29, 1.82) is 0 Å². The highest BCUT2D eigenvalue weighted by Crippen LogP contribution is 2.38. The first-order valence-corrected chi connectivity index (χ1v) is 9.35. The highest BCUT2D eigenvalue weighted by molar-refractivity contribution is 8.00. The Morgan fingerprint density at radius 1 is 1.30 bits per heavy atom. The normalized spacial score (nSPS) is 26.7. The average Bonchev–Trinajstić information content (AvgIpc) is 3.25. The topological polar surface area (TPSA) is 46.9 Å². The van der Waals surface area contributed by atoms with Gasteiger partial charge in [0.2, 0.25) is 5.91 Å². The second-order valence-corrected chi connectivity index (χ2v) is 7.54. The van der Waals surface area contributed by atoms with Crippen molar-refractivity contribution in [2.75, 3.05) is 5.75 Å². The van der Waals surface area contributed by atoms with Gasteiger partial charge in [0.25, 0.3) is 0 Å². The SMILES string of the molecule is O=C(N[C@@H]1CCC[C@H]1n1ccnc1)[C@H]1SCCc2ccccc21. The zero-order valence-corrected chi connectivity index (χ0v) is 13.8.